The molecule has 2 aliphatic heterocycles. The van der Waals surface area contributed by atoms with Crippen LogP contribution in [0.5, 0.6) is 0 Å². The van der Waals surface area contributed by atoms with E-state index in [4.69, 9.17) is 4.74 Å². The Balaban J connectivity index is 1.35. The van der Waals surface area contributed by atoms with E-state index in [1.807, 2.05) is 12.3 Å². The van der Waals surface area contributed by atoms with Crippen molar-refractivity contribution < 1.29 is 9.84 Å². The number of thiazole rings is 1. The van der Waals surface area contributed by atoms with Gasteiger partial charge >= 0.3 is 0 Å². The van der Waals surface area contributed by atoms with Gasteiger partial charge in [-0.3, -0.25) is 9.80 Å². The van der Waals surface area contributed by atoms with E-state index in [1.165, 1.54) is 10.4 Å². The van der Waals surface area contributed by atoms with Crippen molar-refractivity contribution in [2.75, 3.05) is 39.4 Å². The molecule has 6 heteroatoms. The Kier molecular flexibility index (Phi) is 5.43. The van der Waals surface area contributed by atoms with Gasteiger partial charge in [-0.1, -0.05) is 30.3 Å². The second-order valence-corrected chi connectivity index (χ2v) is 7.95. The molecule has 0 radical (unpaired) electrons. The van der Waals surface area contributed by atoms with E-state index in [-0.39, 0.29) is 12.1 Å². The first-order chi connectivity index (χ1) is 12.3. The highest BCUT2D eigenvalue weighted by Gasteiger charge is 2.32. The smallest absolute Gasteiger partial charge is 0.123 e. The van der Waals surface area contributed by atoms with Crippen molar-refractivity contribution in [3.63, 3.8) is 0 Å². The number of ether oxygens (including phenoxy) is 1. The summed E-state index contributed by atoms with van der Waals surface area (Å²) in [5, 5.41) is 11.2. The van der Waals surface area contributed by atoms with Crippen molar-refractivity contribution in [2.45, 2.75) is 25.1 Å². The predicted octanol–water partition coefficient (Wildman–Crippen LogP) is 2.08. The number of rotatable bonds is 4. The Morgan fingerprint density at radius 2 is 2.00 bits per heavy atom. The highest BCUT2D eigenvalue weighted by molar-refractivity contribution is 7.15. The highest BCUT2D eigenvalue weighted by atomic mass is 32.1. The van der Waals surface area contributed by atoms with Crippen molar-refractivity contribution >= 4 is 11.3 Å². The maximum absolute atomic E-state index is 10.1. The number of aliphatic hydroxyl groups excluding tert-OH is 1. The lowest BCUT2D eigenvalue weighted by Gasteiger charge is -2.28. The SMILES string of the molecule is O[C@H]1COC[C@@H]1N1CCCN(Cc2cnc(-c3ccccc3)s2)CC1. The average Bonchev–Trinajstić information content (AvgIpc) is 3.21. The molecule has 25 heavy (non-hydrogen) atoms. The molecule has 0 saturated carbocycles. The molecule has 5 nitrogen and oxygen atoms in total. The summed E-state index contributed by atoms with van der Waals surface area (Å²) in [5.74, 6) is 0. The molecule has 2 saturated heterocycles. The summed E-state index contributed by atoms with van der Waals surface area (Å²) < 4.78 is 5.42. The van der Waals surface area contributed by atoms with Gasteiger partial charge in [-0.05, 0) is 19.5 Å². The number of aliphatic hydroxyl groups is 1. The van der Waals surface area contributed by atoms with Crippen LogP contribution in [0.15, 0.2) is 36.5 Å². The zero-order chi connectivity index (χ0) is 17.1. The average molecular weight is 359 g/mol. The number of aromatic nitrogens is 1. The van der Waals surface area contributed by atoms with E-state index in [1.54, 1.807) is 11.3 Å². The van der Waals surface area contributed by atoms with Gasteiger partial charge in [0.25, 0.3) is 0 Å². The molecule has 0 amide bonds. The monoisotopic (exact) mass is 359 g/mol. The molecule has 1 N–H and O–H groups in total. The standard InChI is InChI=1S/C19H25N3O2S/c23-18-14-24-13-17(18)22-8-4-7-21(9-10-22)12-16-11-20-19(25-16)15-5-2-1-3-6-15/h1-3,5-6,11,17-18,23H,4,7-10,12-14H2/t17-,18-/m0/s1. The fourth-order valence-corrected chi connectivity index (χ4v) is 4.64. The van der Waals surface area contributed by atoms with E-state index in [0.717, 1.165) is 44.2 Å². The van der Waals surface area contributed by atoms with Gasteiger partial charge in [0.1, 0.15) is 5.01 Å². The van der Waals surface area contributed by atoms with Crippen molar-refractivity contribution in [1.29, 1.82) is 0 Å². The van der Waals surface area contributed by atoms with Crippen LogP contribution in [0.2, 0.25) is 0 Å². The number of nitrogens with zero attached hydrogens (tertiary/aromatic N) is 3. The molecule has 2 aromatic rings. The molecule has 3 heterocycles. The maximum Gasteiger partial charge on any atom is 0.123 e. The first kappa shape index (κ1) is 17.1. The minimum Gasteiger partial charge on any atom is -0.389 e. The first-order valence-corrected chi connectivity index (χ1v) is 9.83. The Morgan fingerprint density at radius 3 is 2.80 bits per heavy atom. The Morgan fingerprint density at radius 1 is 1.12 bits per heavy atom. The van der Waals surface area contributed by atoms with E-state index >= 15 is 0 Å². The molecule has 134 valence electrons. The fourth-order valence-electron chi connectivity index (χ4n) is 3.68. The van der Waals surface area contributed by atoms with Crippen molar-refractivity contribution in [3.8, 4) is 10.6 Å². The quantitative estimate of drug-likeness (QED) is 0.906. The molecule has 0 unspecified atom stereocenters. The third-order valence-electron chi connectivity index (χ3n) is 5.07. The second-order valence-electron chi connectivity index (χ2n) is 6.84. The predicted molar refractivity (Wildman–Crippen MR) is 99.6 cm³/mol. The minimum atomic E-state index is -0.332. The highest BCUT2D eigenvalue weighted by Crippen LogP contribution is 2.26. The topological polar surface area (TPSA) is 48.8 Å². The van der Waals surface area contributed by atoms with Crippen molar-refractivity contribution in [3.05, 3.63) is 41.4 Å². The van der Waals surface area contributed by atoms with Gasteiger partial charge in [0.05, 0.1) is 25.4 Å². The molecule has 0 bridgehead atoms. The van der Waals surface area contributed by atoms with Gasteiger partial charge in [-0.15, -0.1) is 11.3 Å². The van der Waals surface area contributed by atoms with Crippen molar-refractivity contribution in [2.24, 2.45) is 0 Å². The van der Waals surface area contributed by atoms with Gasteiger partial charge in [-0.2, -0.15) is 0 Å². The molecule has 0 aliphatic carbocycles. The number of hydrogen-bond donors (Lipinski definition) is 1. The number of hydrogen-bond acceptors (Lipinski definition) is 6. The summed E-state index contributed by atoms with van der Waals surface area (Å²) in [5.41, 5.74) is 1.19. The zero-order valence-electron chi connectivity index (χ0n) is 14.4. The van der Waals surface area contributed by atoms with Crippen LogP contribution in [0.3, 0.4) is 0 Å². The fraction of sp³-hybridized carbons (Fsp3) is 0.526. The Bertz CT molecular complexity index is 678. The van der Waals surface area contributed by atoms with Crippen molar-refractivity contribution in [1.82, 2.24) is 14.8 Å². The molecule has 4 rings (SSSR count). The van der Waals surface area contributed by atoms with Crippen LogP contribution in [-0.4, -0.2) is 71.4 Å². The Labute approximate surface area is 152 Å². The number of benzene rings is 1. The lowest BCUT2D eigenvalue weighted by Crippen LogP contribution is -2.44. The molecule has 2 aliphatic rings. The van der Waals surface area contributed by atoms with Gasteiger partial charge in [-0.25, -0.2) is 4.98 Å². The van der Waals surface area contributed by atoms with Crippen LogP contribution in [0.4, 0.5) is 0 Å². The summed E-state index contributed by atoms with van der Waals surface area (Å²) in [6, 6.07) is 10.5. The molecular weight excluding hydrogens is 334 g/mol. The van der Waals surface area contributed by atoms with E-state index in [2.05, 4.69) is 39.0 Å². The van der Waals surface area contributed by atoms with Crippen LogP contribution >= 0.6 is 11.3 Å². The van der Waals surface area contributed by atoms with E-state index in [9.17, 15) is 5.11 Å². The van der Waals surface area contributed by atoms with Gasteiger partial charge in [0.2, 0.25) is 0 Å². The summed E-state index contributed by atoms with van der Waals surface area (Å²) in [7, 11) is 0. The minimum absolute atomic E-state index is 0.174. The summed E-state index contributed by atoms with van der Waals surface area (Å²) in [6.07, 6.45) is 2.82. The van der Waals surface area contributed by atoms with Crippen LogP contribution in [-0.2, 0) is 11.3 Å². The first-order valence-electron chi connectivity index (χ1n) is 9.02. The zero-order valence-corrected chi connectivity index (χ0v) is 15.2. The van der Waals surface area contributed by atoms with Crippen LogP contribution in [0.1, 0.15) is 11.3 Å². The van der Waals surface area contributed by atoms with E-state index < -0.39 is 0 Å². The van der Waals surface area contributed by atoms with Crippen LogP contribution < -0.4 is 0 Å². The molecular formula is C19H25N3O2S. The summed E-state index contributed by atoms with van der Waals surface area (Å²) in [4.78, 5) is 10.8. The molecule has 1 aromatic carbocycles. The summed E-state index contributed by atoms with van der Waals surface area (Å²) in [6.45, 7) is 6.27. The van der Waals surface area contributed by atoms with Gasteiger partial charge in [0, 0.05) is 36.3 Å². The molecule has 2 atom stereocenters. The maximum atomic E-state index is 10.1. The van der Waals surface area contributed by atoms with Gasteiger partial charge in [0.15, 0.2) is 0 Å². The molecule has 2 fully saturated rings. The molecule has 0 spiro atoms. The lowest BCUT2D eigenvalue weighted by atomic mass is 10.2. The molecule has 1 aromatic heterocycles. The Hall–Kier alpha value is -1.31. The normalized spacial score (nSPS) is 26.0. The third kappa shape index (κ3) is 4.10. The third-order valence-corrected chi connectivity index (χ3v) is 6.10. The van der Waals surface area contributed by atoms with E-state index in [0.29, 0.717) is 13.2 Å². The van der Waals surface area contributed by atoms with Gasteiger partial charge < -0.3 is 9.84 Å². The summed E-state index contributed by atoms with van der Waals surface area (Å²) >= 11 is 1.79. The van der Waals surface area contributed by atoms with Crippen LogP contribution in [0, 0.1) is 0 Å². The van der Waals surface area contributed by atoms with Crippen LogP contribution in [0.25, 0.3) is 10.6 Å². The lowest BCUT2D eigenvalue weighted by molar-refractivity contribution is 0.0837. The largest absolute Gasteiger partial charge is 0.389 e. The second kappa shape index (κ2) is 7.93.